The van der Waals surface area contributed by atoms with Crippen LogP contribution in [-0.4, -0.2) is 36.9 Å². The lowest BCUT2D eigenvalue weighted by atomic mass is 9.89. The Bertz CT molecular complexity index is 1140. The molecule has 0 amide bonds. The number of fused-ring (bicyclic) bond motifs is 1. The van der Waals surface area contributed by atoms with E-state index in [0.29, 0.717) is 12.0 Å². The molecular weight excluding hydrogens is 397 g/mol. The lowest BCUT2D eigenvalue weighted by Crippen LogP contribution is -2.56. The molecule has 0 aliphatic carbocycles. The molecule has 1 N–H and O–H groups in total. The SMILES string of the molecule is Cn1nc(-c2cc(C(F)(F)F)c(F)c(O)c2F)c2cnc(N3CCC3(C)C)nc21. The van der Waals surface area contributed by atoms with Crippen molar-refractivity contribution in [1.29, 1.82) is 0 Å². The first-order chi connectivity index (χ1) is 13.4. The minimum absolute atomic E-state index is 0.133. The summed E-state index contributed by atoms with van der Waals surface area (Å²) in [5, 5.41) is 13.8. The van der Waals surface area contributed by atoms with Gasteiger partial charge in [0.15, 0.2) is 23.0 Å². The second-order valence-electron chi connectivity index (χ2n) is 7.54. The first-order valence-electron chi connectivity index (χ1n) is 8.67. The maximum atomic E-state index is 14.5. The normalized spacial score (nSPS) is 16.3. The van der Waals surface area contributed by atoms with E-state index in [4.69, 9.17) is 0 Å². The molecule has 2 aromatic heterocycles. The fourth-order valence-corrected chi connectivity index (χ4v) is 3.40. The van der Waals surface area contributed by atoms with Gasteiger partial charge in [-0.3, -0.25) is 0 Å². The summed E-state index contributed by atoms with van der Waals surface area (Å²) in [6.07, 6.45) is -2.84. The summed E-state index contributed by atoms with van der Waals surface area (Å²) in [5.41, 5.74) is -2.57. The second kappa shape index (κ2) is 6.01. The molecule has 1 aromatic carbocycles. The third-order valence-corrected chi connectivity index (χ3v) is 5.22. The van der Waals surface area contributed by atoms with Gasteiger partial charge in [-0.1, -0.05) is 0 Å². The Labute approximate surface area is 161 Å². The van der Waals surface area contributed by atoms with Crippen molar-refractivity contribution in [3.05, 3.63) is 29.5 Å². The number of halogens is 5. The van der Waals surface area contributed by atoms with E-state index >= 15 is 0 Å². The molecular formula is C18H16F5N5O. The van der Waals surface area contributed by atoms with Crippen LogP contribution < -0.4 is 4.90 Å². The number of anilines is 1. The standard InChI is InChI=1S/C18H16F5N5O/c1-17(2)4-5-28(17)16-24-7-9-13(26-27(3)15(9)25-16)8-6-10(18(21,22)23)12(20)14(29)11(8)19/h6-7,29H,4-5H2,1-3H3. The highest BCUT2D eigenvalue weighted by Crippen LogP contribution is 2.41. The zero-order valence-electron chi connectivity index (χ0n) is 15.6. The highest BCUT2D eigenvalue weighted by Gasteiger charge is 2.39. The topological polar surface area (TPSA) is 67.1 Å². The van der Waals surface area contributed by atoms with Gasteiger partial charge in [-0.2, -0.15) is 23.3 Å². The van der Waals surface area contributed by atoms with Crippen molar-refractivity contribution < 1.29 is 27.1 Å². The van der Waals surface area contributed by atoms with Crippen molar-refractivity contribution in [1.82, 2.24) is 19.7 Å². The number of benzene rings is 1. The number of phenolic OH excluding ortho intramolecular Hbond substituents is 1. The van der Waals surface area contributed by atoms with Crippen molar-refractivity contribution in [3.8, 4) is 17.0 Å². The zero-order chi connectivity index (χ0) is 21.3. The van der Waals surface area contributed by atoms with Crippen LogP contribution in [0.5, 0.6) is 5.75 Å². The van der Waals surface area contributed by atoms with E-state index in [1.54, 1.807) is 0 Å². The summed E-state index contributed by atoms with van der Waals surface area (Å²) in [6, 6.07) is 0.290. The van der Waals surface area contributed by atoms with Gasteiger partial charge in [0.1, 0.15) is 5.69 Å². The number of aromatic nitrogens is 4. The number of alkyl halides is 3. The zero-order valence-corrected chi connectivity index (χ0v) is 15.6. The van der Waals surface area contributed by atoms with Crippen molar-refractivity contribution >= 4 is 17.0 Å². The highest BCUT2D eigenvalue weighted by molar-refractivity contribution is 5.91. The van der Waals surface area contributed by atoms with Gasteiger partial charge in [-0.25, -0.2) is 18.4 Å². The molecule has 6 nitrogen and oxygen atoms in total. The molecule has 1 saturated heterocycles. The predicted octanol–water partition coefficient (Wildman–Crippen LogP) is 4.02. The second-order valence-corrected chi connectivity index (χ2v) is 7.54. The molecule has 1 fully saturated rings. The molecule has 154 valence electrons. The fraction of sp³-hybridized carbons (Fsp3) is 0.389. The lowest BCUT2D eigenvalue weighted by molar-refractivity contribution is -0.140. The van der Waals surface area contributed by atoms with Gasteiger partial charge >= 0.3 is 6.18 Å². The van der Waals surface area contributed by atoms with Crippen LogP contribution in [-0.2, 0) is 13.2 Å². The van der Waals surface area contributed by atoms with Gasteiger partial charge in [-0.15, -0.1) is 0 Å². The van der Waals surface area contributed by atoms with Crippen molar-refractivity contribution in [2.24, 2.45) is 7.05 Å². The minimum atomic E-state index is -5.12. The van der Waals surface area contributed by atoms with Crippen LogP contribution in [0.25, 0.3) is 22.3 Å². The monoisotopic (exact) mass is 413 g/mol. The van der Waals surface area contributed by atoms with Crippen molar-refractivity contribution in [2.45, 2.75) is 32.0 Å². The number of aromatic hydroxyl groups is 1. The van der Waals surface area contributed by atoms with E-state index in [-0.39, 0.29) is 22.3 Å². The summed E-state index contributed by atoms with van der Waals surface area (Å²) in [6.45, 7) is 4.79. The summed E-state index contributed by atoms with van der Waals surface area (Å²) in [5.74, 6) is -4.91. The molecule has 3 heterocycles. The first kappa shape index (κ1) is 19.3. The smallest absolute Gasteiger partial charge is 0.419 e. The molecule has 0 atom stereocenters. The van der Waals surface area contributed by atoms with E-state index in [0.717, 1.165) is 13.0 Å². The Morgan fingerprint density at radius 3 is 2.41 bits per heavy atom. The summed E-state index contributed by atoms with van der Waals surface area (Å²) >= 11 is 0. The number of hydrogen-bond donors (Lipinski definition) is 1. The molecule has 1 aliphatic heterocycles. The molecule has 1 aliphatic rings. The van der Waals surface area contributed by atoms with Crippen LogP contribution in [0.1, 0.15) is 25.8 Å². The molecule has 0 radical (unpaired) electrons. The van der Waals surface area contributed by atoms with Crippen LogP contribution in [0.4, 0.5) is 27.9 Å². The third kappa shape index (κ3) is 2.87. The molecule has 0 spiro atoms. The van der Waals surface area contributed by atoms with Crippen LogP contribution in [0, 0.1) is 11.6 Å². The van der Waals surface area contributed by atoms with Crippen molar-refractivity contribution in [2.75, 3.05) is 11.4 Å². The summed E-state index contributed by atoms with van der Waals surface area (Å²) in [4.78, 5) is 10.6. The number of nitrogens with zero attached hydrogens (tertiary/aromatic N) is 5. The van der Waals surface area contributed by atoms with Crippen LogP contribution in [0.3, 0.4) is 0 Å². The van der Waals surface area contributed by atoms with E-state index in [1.807, 2.05) is 18.7 Å². The van der Waals surface area contributed by atoms with Gasteiger partial charge < -0.3 is 10.0 Å². The number of phenols is 1. The van der Waals surface area contributed by atoms with Crippen LogP contribution >= 0.6 is 0 Å². The Kier molecular flexibility index (Phi) is 4.01. The van der Waals surface area contributed by atoms with Gasteiger partial charge in [0.2, 0.25) is 5.95 Å². The Morgan fingerprint density at radius 2 is 1.86 bits per heavy atom. The van der Waals surface area contributed by atoms with Crippen molar-refractivity contribution in [3.63, 3.8) is 0 Å². The molecule has 0 bridgehead atoms. The fourth-order valence-electron chi connectivity index (χ4n) is 3.40. The molecule has 11 heteroatoms. The van der Waals surface area contributed by atoms with E-state index < -0.39 is 34.7 Å². The number of aryl methyl sites for hydroxylation is 1. The quantitative estimate of drug-likeness (QED) is 0.643. The molecule has 4 rings (SSSR count). The lowest BCUT2D eigenvalue weighted by Gasteiger charge is -2.48. The minimum Gasteiger partial charge on any atom is -0.503 e. The van der Waals surface area contributed by atoms with Crippen LogP contribution in [0.2, 0.25) is 0 Å². The molecule has 3 aromatic rings. The summed E-state index contributed by atoms with van der Waals surface area (Å²) in [7, 11) is 1.50. The Balaban J connectivity index is 1.91. The number of rotatable bonds is 2. The Hall–Kier alpha value is -2.98. The largest absolute Gasteiger partial charge is 0.503 e. The van der Waals surface area contributed by atoms with E-state index in [1.165, 1.54) is 17.9 Å². The maximum absolute atomic E-state index is 14.5. The number of hydrogen-bond acceptors (Lipinski definition) is 5. The third-order valence-electron chi connectivity index (χ3n) is 5.22. The average molecular weight is 413 g/mol. The Morgan fingerprint density at radius 1 is 1.17 bits per heavy atom. The highest BCUT2D eigenvalue weighted by atomic mass is 19.4. The predicted molar refractivity (Wildman–Crippen MR) is 94.4 cm³/mol. The molecule has 0 unspecified atom stereocenters. The van der Waals surface area contributed by atoms with Crippen LogP contribution in [0.15, 0.2) is 12.3 Å². The maximum Gasteiger partial charge on any atom is 0.419 e. The van der Waals surface area contributed by atoms with Gasteiger partial charge in [0.05, 0.1) is 10.9 Å². The van der Waals surface area contributed by atoms with E-state index in [2.05, 4.69) is 15.1 Å². The summed E-state index contributed by atoms with van der Waals surface area (Å²) < 4.78 is 68.8. The first-order valence-corrected chi connectivity index (χ1v) is 8.67. The molecule has 29 heavy (non-hydrogen) atoms. The molecule has 0 saturated carbocycles. The van der Waals surface area contributed by atoms with E-state index in [9.17, 15) is 27.1 Å². The van der Waals surface area contributed by atoms with Gasteiger partial charge in [0, 0.05) is 30.9 Å². The average Bonchev–Trinajstić information content (AvgIpc) is 2.94. The van der Waals surface area contributed by atoms with Gasteiger partial charge in [0.25, 0.3) is 0 Å². The van der Waals surface area contributed by atoms with Gasteiger partial charge in [-0.05, 0) is 26.3 Å².